The van der Waals surface area contributed by atoms with Gasteiger partial charge in [0.05, 0.1) is 25.5 Å². The van der Waals surface area contributed by atoms with Gasteiger partial charge in [0.25, 0.3) is 0 Å². The standard InChI is InChI=1S/C8H11NO.C8H13NO/c1-2-4-8-7(3-1)5-9-6-10-8;1-2-4-8-7(3-1)9-5-6-10-8/h1-4,7-9H,5-6H2;1-2,7-9H,3-6H2. The second-order valence-electron chi connectivity index (χ2n) is 5.58. The van der Waals surface area contributed by atoms with E-state index < -0.39 is 0 Å². The van der Waals surface area contributed by atoms with Crippen molar-refractivity contribution in [1.82, 2.24) is 10.6 Å². The van der Waals surface area contributed by atoms with Crippen molar-refractivity contribution >= 4 is 0 Å². The highest BCUT2D eigenvalue weighted by molar-refractivity contribution is 5.16. The summed E-state index contributed by atoms with van der Waals surface area (Å²) in [6.07, 6.45) is 15.9. The van der Waals surface area contributed by atoms with E-state index in [9.17, 15) is 0 Å². The van der Waals surface area contributed by atoms with Crippen LogP contribution in [0.1, 0.15) is 12.8 Å². The van der Waals surface area contributed by atoms with Crippen molar-refractivity contribution in [2.75, 3.05) is 26.4 Å². The molecule has 0 bridgehead atoms. The Balaban J connectivity index is 0.000000121. The first kappa shape index (κ1) is 14.0. The highest BCUT2D eigenvalue weighted by atomic mass is 16.5. The van der Waals surface area contributed by atoms with Crippen molar-refractivity contribution in [2.45, 2.75) is 31.1 Å². The zero-order valence-electron chi connectivity index (χ0n) is 11.8. The molecule has 2 N–H and O–H groups in total. The van der Waals surface area contributed by atoms with Crippen LogP contribution >= 0.6 is 0 Å². The second kappa shape index (κ2) is 7.18. The van der Waals surface area contributed by atoms with Gasteiger partial charge in [0.1, 0.15) is 0 Å². The summed E-state index contributed by atoms with van der Waals surface area (Å²) in [5.74, 6) is 0.554. The summed E-state index contributed by atoms with van der Waals surface area (Å²) in [6, 6.07) is 0.596. The van der Waals surface area contributed by atoms with Gasteiger partial charge < -0.3 is 14.8 Å². The number of nitrogens with one attached hydrogen (secondary N) is 2. The van der Waals surface area contributed by atoms with E-state index in [2.05, 4.69) is 41.0 Å². The Hall–Kier alpha value is -0.940. The molecular formula is C16H24N2O2. The first-order valence-electron chi connectivity index (χ1n) is 7.61. The van der Waals surface area contributed by atoms with Gasteiger partial charge in [0.2, 0.25) is 0 Å². The van der Waals surface area contributed by atoms with Crippen molar-refractivity contribution in [1.29, 1.82) is 0 Å². The molecule has 0 aromatic heterocycles. The molecule has 0 amide bonds. The highest BCUT2D eigenvalue weighted by Gasteiger charge is 2.25. The first-order chi connectivity index (χ1) is 9.93. The topological polar surface area (TPSA) is 42.5 Å². The largest absolute Gasteiger partial charge is 0.375 e. The molecule has 0 radical (unpaired) electrons. The summed E-state index contributed by atoms with van der Waals surface area (Å²) in [5.41, 5.74) is 0. The third kappa shape index (κ3) is 3.58. The lowest BCUT2D eigenvalue weighted by Crippen LogP contribution is -2.48. The molecule has 110 valence electrons. The number of ether oxygens (including phenoxy) is 2. The fraction of sp³-hybridized carbons (Fsp3) is 0.625. The van der Waals surface area contributed by atoms with Gasteiger partial charge in [-0.15, -0.1) is 0 Å². The molecule has 4 heteroatoms. The highest BCUT2D eigenvalue weighted by Crippen LogP contribution is 2.18. The molecule has 4 atom stereocenters. The molecule has 20 heavy (non-hydrogen) atoms. The van der Waals surface area contributed by atoms with E-state index in [0.717, 1.165) is 32.5 Å². The van der Waals surface area contributed by atoms with E-state index in [0.29, 0.717) is 30.9 Å². The summed E-state index contributed by atoms with van der Waals surface area (Å²) in [6.45, 7) is 3.65. The van der Waals surface area contributed by atoms with Crippen LogP contribution in [0.25, 0.3) is 0 Å². The number of allylic oxidation sites excluding steroid dienone is 2. The predicted octanol–water partition coefficient (Wildman–Crippen LogP) is 1.37. The second-order valence-corrected chi connectivity index (χ2v) is 5.58. The molecule has 2 aliphatic carbocycles. The molecule has 4 nitrogen and oxygen atoms in total. The van der Waals surface area contributed by atoms with E-state index in [1.807, 2.05) is 6.08 Å². The number of rotatable bonds is 0. The maximum atomic E-state index is 5.57. The Morgan fingerprint density at radius 2 is 1.90 bits per heavy atom. The molecule has 2 saturated heterocycles. The molecule has 2 fully saturated rings. The van der Waals surface area contributed by atoms with Crippen LogP contribution in [0.3, 0.4) is 0 Å². The minimum atomic E-state index is 0.325. The van der Waals surface area contributed by atoms with E-state index in [1.165, 1.54) is 0 Å². The van der Waals surface area contributed by atoms with Crippen LogP contribution in [0.4, 0.5) is 0 Å². The van der Waals surface area contributed by atoms with Crippen LogP contribution in [0.5, 0.6) is 0 Å². The fourth-order valence-electron chi connectivity index (χ4n) is 3.02. The zero-order chi connectivity index (χ0) is 13.6. The quantitative estimate of drug-likeness (QED) is 0.656. The molecule has 4 rings (SSSR count). The van der Waals surface area contributed by atoms with E-state index in [4.69, 9.17) is 9.47 Å². The van der Waals surface area contributed by atoms with E-state index >= 15 is 0 Å². The van der Waals surface area contributed by atoms with Gasteiger partial charge in [-0.25, -0.2) is 0 Å². The minimum absolute atomic E-state index is 0.325. The minimum Gasteiger partial charge on any atom is -0.375 e. The summed E-state index contributed by atoms with van der Waals surface area (Å²) in [7, 11) is 0. The van der Waals surface area contributed by atoms with Gasteiger partial charge in [-0.2, -0.15) is 0 Å². The molecule has 0 aromatic rings. The van der Waals surface area contributed by atoms with Crippen LogP contribution in [0.2, 0.25) is 0 Å². The molecule has 4 unspecified atom stereocenters. The molecule has 0 spiro atoms. The maximum Gasteiger partial charge on any atom is 0.0973 e. The number of hydrogen-bond donors (Lipinski definition) is 2. The van der Waals surface area contributed by atoms with Gasteiger partial charge in [-0.1, -0.05) is 36.5 Å². The van der Waals surface area contributed by atoms with E-state index in [1.54, 1.807) is 0 Å². The number of fused-ring (bicyclic) bond motifs is 2. The lowest BCUT2D eigenvalue weighted by molar-refractivity contribution is -0.00376. The Kier molecular flexibility index (Phi) is 5.03. The third-order valence-corrected chi connectivity index (χ3v) is 4.16. The summed E-state index contributed by atoms with van der Waals surface area (Å²) in [4.78, 5) is 0. The molecular weight excluding hydrogens is 252 g/mol. The smallest absolute Gasteiger partial charge is 0.0973 e. The van der Waals surface area contributed by atoms with Crippen LogP contribution in [0, 0.1) is 5.92 Å². The first-order valence-corrected chi connectivity index (χ1v) is 7.61. The average molecular weight is 276 g/mol. The maximum absolute atomic E-state index is 5.57. The van der Waals surface area contributed by atoms with Crippen molar-refractivity contribution < 1.29 is 9.47 Å². The predicted molar refractivity (Wildman–Crippen MR) is 79.4 cm³/mol. The number of hydrogen-bond acceptors (Lipinski definition) is 4. The fourth-order valence-corrected chi connectivity index (χ4v) is 3.02. The summed E-state index contributed by atoms with van der Waals surface area (Å²) in [5, 5.41) is 6.62. The molecule has 2 heterocycles. The van der Waals surface area contributed by atoms with Gasteiger partial charge in [0.15, 0.2) is 0 Å². The molecule has 0 aromatic carbocycles. The molecule has 0 saturated carbocycles. The number of morpholine rings is 1. The molecule has 2 aliphatic heterocycles. The van der Waals surface area contributed by atoms with Crippen molar-refractivity contribution in [3.8, 4) is 0 Å². The Bertz CT molecular complexity index is 356. The van der Waals surface area contributed by atoms with Gasteiger partial charge >= 0.3 is 0 Å². The lowest BCUT2D eigenvalue weighted by atomic mass is 9.97. The van der Waals surface area contributed by atoms with Crippen LogP contribution in [0.15, 0.2) is 36.5 Å². The Morgan fingerprint density at radius 1 is 1.00 bits per heavy atom. The van der Waals surface area contributed by atoms with Crippen LogP contribution in [-0.2, 0) is 9.47 Å². The Morgan fingerprint density at radius 3 is 2.80 bits per heavy atom. The normalized spacial score (nSPS) is 38.4. The average Bonchev–Trinajstić information content (AvgIpc) is 2.56. The lowest BCUT2D eigenvalue weighted by Gasteiger charge is -2.33. The monoisotopic (exact) mass is 276 g/mol. The van der Waals surface area contributed by atoms with Crippen molar-refractivity contribution in [2.24, 2.45) is 5.92 Å². The summed E-state index contributed by atoms with van der Waals surface area (Å²) < 4.78 is 11.0. The Labute approximate surface area is 120 Å². The summed E-state index contributed by atoms with van der Waals surface area (Å²) >= 11 is 0. The van der Waals surface area contributed by atoms with Gasteiger partial charge in [-0.05, 0) is 12.8 Å². The zero-order valence-corrected chi connectivity index (χ0v) is 11.8. The van der Waals surface area contributed by atoms with Crippen molar-refractivity contribution in [3.63, 3.8) is 0 Å². The SMILES string of the molecule is C1=CC2CNCOC2C=C1.C1=CCC2OCCNC2C1. The van der Waals surface area contributed by atoms with Gasteiger partial charge in [0, 0.05) is 25.0 Å². The van der Waals surface area contributed by atoms with E-state index in [-0.39, 0.29) is 0 Å². The van der Waals surface area contributed by atoms with Crippen molar-refractivity contribution in [3.05, 3.63) is 36.5 Å². The third-order valence-electron chi connectivity index (χ3n) is 4.16. The van der Waals surface area contributed by atoms with Crippen LogP contribution in [-0.4, -0.2) is 44.7 Å². The van der Waals surface area contributed by atoms with Gasteiger partial charge in [-0.3, -0.25) is 5.32 Å². The van der Waals surface area contributed by atoms with Crippen LogP contribution < -0.4 is 10.6 Å². The molecule has 4 aliphatic rings.